The topological polar surface area (TPSA) is 15.3 Å². The molecule has 1 N–H and O–H groups in total. The van der Waals surface area contributed by atoms with E-state index in [-0.39, 0.29) is 0 Å². The number of hydrogen-bond acceptors (Lipinski definition) is 2. The number of benzene rings is 1. The zero-order valence-corrected chi connectivity index (χ0v) is 9.46. The van der Waals surface area contributed by atoms with Crippen LogP contribution in [0.25, 0.3) is 0 Å². The van der Waals surface area contributed by atoms with E-state index < -0.39 is 0 Å². The Morgan fingerprint density at radius 3 is 2.47 bits per heavy atom. The Balaban J connectivity index is 2.04. The maximum atomic E-state index is 5.91. The molecule has 0 aliphatic carbocycles. The van der Waals surface area contributed by atoms with Crippen LogP contribution < -0.4 is 5.43 Å². The Bertz CT molecular complexity index is 398. The van der Waals surface area contributed by atoms with Crippen LogP contribution in [0.2, 0.25) is 0 Å². The van der Waals surface area contributed by atoms with Crippen LogP contribution in [0.3, 0.4) is 0 Å². The molecule has 0 saturated heterocycles. The lowest BCUT2D eigenvalue weighted by Gasteiger charge is -2.24. The number of hydrazine groups is 1. The van der Waals surface area contributed by atoms with Crippen molar-refractivity contribution in [3.63, 3.8) is 0 Å². The Kier molecular flexibility index (Phi) is 3.19. The molecule has 0 unspecified atom stereocenters. The Hall–Kier alpha value is -1.12. The average molecular weight is 241 g/mol. The van der Waals surface area contributed by atoms with Crippen molar-refractivity contribution in [3.05, 3.63) is 58.4 Å². The lowest BCUT2D eigenvalue weighted by atomic mass is 10.2. The second kappa shape index (κ2) is 4.60. The van der Waals surface area contributed by atoms with E-state index >= 15 is 0 Å². The van der Waals surface area contributed by atoms with Crippen LogP contribution in [-0.2, 0) is 6.54 Å². The van der Waals surface area contributed by atoms with Gasteiger partial charge in [-0.3, -0.25) is 5.01 Å². The fourth-order valence-corrected chi connectivity index (χ4v) is 1.59. The number of nitrogens with zero attached hydrogens (tertiary/aromatic N) is 1. The summed E-state index contributed by atoms with van der Waals surface area (Å²) < 4.78 is 0. The summed E-state index contributed by atoms with van der Waals surface area (Å²) in [5.41, 5.74) is 4.23. The van der Waals surface area contributed by atoms with Gasteiger partial charge in [-0.15, -0.1) is 0 Å². The fourth-order valence-electron chi connectivity index (χ4n) is 1.32. The van der Waals surface area contributed by atoms with Gasteiger partial charge in [-0.1, -0.05) is 53.5 Å². The molecule has 4 heteroatoms. The van der Waals surface area contributed by atoms with Crippen LogP contribution in [0.1, 0.15) is 5.56 Å². The highest BCUT2D eigenvalue weighted by Crippen LogP contribution is 2.22. The van der Waals surface area contributed by atoms with Gasteiger partial charge in [0.05, 0.1) is 16.6 Å². The average Bonchev–Trinajstić information content (AvgIpc) is 2.25. The third-order valence-corrected chi connectivity index (χ3v) is 2.76. The summed E-state index contributed by atoms with van der Waals surface area (Å²) in [5.74, 6) is 0. The highest BCUT2D eigenvalue weighted by Gasteiger charge is 2.09. The summed E-state index contributed by atoms with van der Waals surface area (Å²) in [4.78, 5) is 0. The number of rotatable bonds is 2. The minimum absolute atomic E-state index is 0.529. The van der Waals surface area contributed by atoms with Crippen molar-refractivity contribution in [3.8, 4) is 0 Å². The van der Waals surface area contributed by atoms with E-state index in [9.17, 15) is 0 Å². The SMILES string of the molecule is ClC1=CNN(Cc2ccccc2)C=C1Cl. The van der Waals surface area contributed by atoms with Gasteiger partial charge in [0.15, 0.2) is 0 Å². The summed E-state index contributed by atoms with van der Waals surface area (Å²) in [6.45, 7) is 0.748. The van der Waals surface area contributed by atoms with E-state index in [1.54, 1.807) is 12.4 Å². The Morgan fingerprint density at radius 1 is 1.07 bits per heavy atom. The van der Waals surface area contributed by atoms with Gasteiger partial charge in [0.25, 0.3) is 0 Å². The first-order valence-corrected chi connectivity index (χ1v) is 5.31. The minimum Gasteiger partial charge on any atom is -0.304 e. The first kappa shape index (κ1) is 10.4. The van der Waals surface area contributed by atoms with Gasteiger partial charge in [0.1, 0.15) is 0 Å². The number of hydrogen-bond donors (Lipinski definition) is 1. The van der Waals surface area contributed by atoms with Gasteiger partial charge in [-0.2, -0.15) is 0 Å². The van der Waals surface area contributed by atoms with Crippen molar-refractivity contribution >= 4 is 23.2 Å². The standard InChI is InChI=1S/C11H10Cl2N2/c12-10-6-14-15(8-11(10)13)7-9-4-2-1-3-5-9/h1-6,8,14H,7H2. The minimum atomic E-state index is 0.529. The summed E-state index contributed by atoms with van der Waals surface area (Å²) in [6.07, 6.45) is 3.45. The molecule has 78 valence electrons. The van der Waals surface area contributed by atoms with Crippen LogP contribution in [0.5, 0.6) is 0 Å². The predicted octanol–water partition coefficient (Wildman–Crippen LogP) is 3.17. The Morgan fingerprint density at radius 2 is 1.80 bits per heavy atom. The molecule has 1 aliphatic rings. The smallest absolute Gasteiger partial charge is 0.0786 e. The molecule has 1 aliphatic heterocycles. The van der Waals surface area contributed by atoms with Crippen molar-refractivity contribution in [2.75, 3.05) is 0 Å². The summed E-state index contributed by atoms with van der Waals surface area (Å²) in [6, 6.07) is 10.1. The van der Waals surface area contributed by atoms with E-state index in [1.807, 2.05) is 23.2 Å². The number of nitrogens with one attached hydrogen (secondary N) is 1. The summed E-state index contributed by atoms with van der Waals surface area (Å²) in [5, 5.41) is 2.95. The van der Waals surface area contributed by atoms with Crippen LogP contribution in [0.4, 0.5) is 0 Å². The summed E-state index contributed by atoms with van der Waals surface area (Å²) in [7, 11) is 0. The predicted molar refractivity (Wildman–Crippen MR) is 63.0 cm³/mol. The van der Waals surface area contributed by atoms with Gasteiger partial charge in [0.2, 0.25) is 0 Å². The van der Waals surface area contributed by atoms with Crippen LogP contribution >= 0.6 is 23.2 Å². The second-order valence-electron chi connectivity index (χ2n) is 3.21. The first-order chi connectivity index (χ1) is 7.25. The maximum Gasteiger partial charge on any atom is 0.0786 e. The van der Waals surface area contributed by atoms with E-state index in [0.29, 0.717) is 10.1 Å². The Labute approximate surface area is 98.8 Å². The molecule has 0 bridgehead atoms. The van der Waals surface area contributed by atoms with Crippen LogP contribution in [0.15, 0.2) is 52.8 Å². The van der Waals surface area contributed by atoms with E-state index in [2.05, 4.69) is 17.6 Å². The quantitative estimate of drug-likeness (QED) is 0.855. The van der Waals surface area contributed by atoms with Crippen LogP contribution in [0, 0.1) is 0 Å². The monoisotopic (exact) mass is 240 g/mol. The number of allylic oxidation sites excluding steroid dienone is 2. The maximum absolute atomic E-state index is 5.91. The molecule has 0 fully saturated rings. The van der Waals surface area contributed by atoms with Crippen molar-refractivity contribution in [2.24, 2.45) is 0 Å². The molecule has 0 radical (unpaired) electrons. The summed E-state index contributed by atoms with van der Waals surface area (Å²) >= 11 is 11.7. The molecule has 0 spiro atoms. The second-order valence-corrected chi connectivity index (χ2v) is 4.03. The van der Waals surface area contributed by atoms with Crippen molar-refractivity contribution in [2.45, 2.75) is 6.54 Å². The van der Waals surface area contributed by atoms with Crippen molar-refractivity contribution in [1.82, 2.24) is 10.4 Å². The molecule has 1 aromatic carbocycles. The zero-order valence-electron chi connectivity index (χ0n) is 7.95. The highest BCUT2D eigenvalue weighted by atomic mass is 35.5. The largest absolute Gasteiger partial charge is 0.304 e. The molecule has 15 heavy (non-hydrogen) atoms. The van der Waals surface area contributed by atoms with Crippen molar-refractivity contribution in [1.29, 1.82) is 0 Å². The van der Waals surface area contributed by atoms with Crippen LogP contribution in [-0.4, -0.2) is 5.01 Å². The highest BCUT2D eigenvalue weighted by molar-refractivity contribution is 6.43. The van der Waals surface area contributed by atoms with E-state index in [4.69, 9.17) is 23.2 Å². The van der Waals surface area contributed by atoms with Gasteiger partial charge in [-0.05, 0) is 5.56 Å². The van der Waals surface area contributed by atoms with Gasteiger partial charge >= 0.3 is 0 Å². The molecule has 1 aromatic rings. The molecule has 2 rings (SSSR count). The molecule has 2 nitrogen and oxygen atoms in total. The number of halogens is 2. The van der Waals surface area contributed by atoms with E-state index in [0.717, 1.165) is 6.54 Å². The molecular weight excluding hydrogens is 231 g/mol. The third kappa shape index (κ3) is 2.67. The molecule has 0 atom stereocenters. The van der Waals surface area contributed by atoms with Gasteiger partial charge in [-0.25, -0.2) is 0 Å². The molecule has 0 amide bonds. The lowest BCUT2D eigenvalue weighted by molar-refractivity contribution is 0.302. The van der Waals surface area contributed by atoms with Gasteiger partial charge in [0, 0.05) is 12.4 Å². The molecule has 0 saturated carbocycles. The molecule has 1 heterocycles. The van der Waals surface area contributed by atoms with Crippen molar-refractivity contribution < 1.29 is 0 Å². The van der Waals surface area contributed by atoms with Gasteiger partial charge < -0.3 is 5.43 Å². The fraction of sp³-hybridized carbons (Fsp3) is 0.0909. The third-order valence-electron chi connectivity index (χ3n) is 2.05. The van der Waals surface area contributed by atoms with E-state index in [1.165, 1.54) is 5.56 Å². The first-order valence-electron chi connectivity index (χ1n) is 4.56. The zero-order chi connectivity index (χ0) is 10.7. The normalized spacial score (nSPS) is 15.5. The molecule has 0 aromatic heterocycles. The lowest BCUT2D eigenvalue weighted by Crippen LogP contribution is -2.31. The molecular formula is C11H10Cl2N2.